The van der Waals surface area contributed by atoms with Gasteiger partial charge in [-0.1, -0.05) is 0 Å². The molecule has 11 nitrogen and oxygen atoms in total. The largest absolute Gasteiger partial charge is 0.492 e. The molecule has 1 fully saturated rings. The minimum Gasteiger partial charge on any atom is -0.492 e. The number of aromatic nitrogens is 6. The second-order valence-corrected chi connectivity index (χ2v) is 9.48. The van der Waals surface area contributed by atoms with Crippen LogP contribution < -0.4 is 19.7 Å². The lowest BCUT2D eigenvalue weighted by Gasteiger charge is -2.45. The van der Waals surface area contributed by atoms with Gasteiger partial charge in [0.25, 0.3) is 0 Å². The molecule has 0 spiro atoms. The van der Waals surface area contributed by atoms with E-state index in [4.69, 9.17) is 9.47 Å². The van der Waals surface area contributed by atoms with Crippen molar-refractivity contribution < 1.29 is 9.47 Å². The SMILES string of the molecule is CCOc1ccc2ncnc(Nc3ccc(Oc4cc5ncnn5cn4)c(C)c3)c2c1N1CC(N(C)C)C1. The van der Waals surface area contributed by atoms with Crippen LogP contribution in [0.4, 0.5) is 17.2 Å². The zero-order chi connectivity index (χ0) is 26.2. The van der Waals surface area contributed by atoms with Crippen molar-refractivity contribution in [3.05, 3.63) is 60.9 Å². The number of anilines is 3. The minimum atomic E-state index is 0.453. The number of nitrogens with one attached hydrogen (secondary N) is 1. The fourth-order valence-corrected chi connectivity index (χ4v) is 4.62. The molecule has 0 aliphatic carbocycles. The fourth-order valence-electron chi connectivity index (χ4n) is 4.62. The van der Waals surface area contributed by atoms with Gasteiger partial charge in [0, 0.05) is 30.9 Å². The van der Waals surface area contributed by atoms with E-state index in [1.165, 1.54) is 6.33 Å². The number of hydrogen-bond donors (Lipinski definition) is 1. The molecule has 194 valence electrons. The Bertz CT molecular complexity index is 1610. The first-order valence-corrected chi connectivity index (χ1v) is 12.5. The molecule has 1 aliphatic heterocycles. The third-order valence-electron chi connectivity index (χ3n) is 6.75. The molecule has 4 heterocycles. The lowest BCUT2D eigenvalue weighted by atomic mass is 10.0. The van der Waals surface area contributed by atoms with Crippen molar-refractivity contribution in [3.8, 4) is 17.4 Å². The summed E-state index contributed by atoms with van der Waals surface area (Å²) in [6.07, 6.45) is 4.65. The van der Waals surface area contributed by atoms with Crippen LogP contribution in [0.25, 0.3) is 16.6 Å². The summed E-state index contributed by atoms with van der Waals surface area (Å²) in [5.41, 5.74) is 4.39. The number of aryl methyl sites for hydroxylation is 1. The van der Waals surface area contributed by atoms with Crippen molar-refractivity contribution in [2.75, 3.05) is 44.0 Å². The predicted molar refractivity (Wildman–Crippen MR) is 146 cm³/mol. The third-order valence-corrected chi connectivity index (χ3v) is 6.75. The molecule has 11 heteroatoms. The first kappa shape index (κ1) is 23.9. The zero-order valence-electron chi connectivity index (χ0n) is 21.8. The van der Waals surface area contributed by atoms with Crippen LogP contribution in [0.5, 0.6) is 17.4 Å². The van der Waals surface area contributed by atoms with E-state index in [1.54, 1.807) is 23.2 Å². The first-order valence-electron chi connectivity index (χ1n) is 12.5. The molecule has 5 aromatic rings. The quantitative estimate of drug-likeness (QED) is 0.328. The molecular weight excluding hydrogens is 482 g/mol. The number of hydrogen-bond acceptors (Lipinski definition) is 10. The van der Waals surface area contributed by atoms with Gasteiger partial charge in [-0.2, -0.15) is 5.10 Å². The third kappa shape index (κ3) is 4.41. The topological polar surface area (TPSA) is 106 Å². The van der Waals surface area contributed by atoms with Crippen LogP contribution >= 0.6 is 0 Å². The summed E-state index contributed by atoms with van der Waals surface area (Å²) >= 11 is 0. The van der Waals surface area contributed by atoms with E-state index in [0.29, 0.717) is 29.9 Å². The molecule has 2 aromatic carbocycles. The van der Waals surface area contributed by atoms with Gasteiger partial charge in [0.15, 0.2) is 5.65 Å². The van der Waals surface area contributed by atoms with Crippen LogP contribution in [0.1, 0.15) is 12.5 Å². The molecule has 1 N–H and O–H groups in total. The number of nitrogens with zero attached hydrogens (tertiary/aromatic N) is 8. The maximum absolute atomic E-state index is 6.05. The lowest BCUT2D eigenvalue weighted by molar-refractivity contribution is 0.245. The Morgan fingerprint density at radius 1 is 1.00 bits per heavy atom. The van der Waals surface area contributed by atoms with E-state index in [-0.39, 0.29) is 0 Å². The summed E-state index contributed by atoms with van der Waals surface area (Å²) in [5, 5.41) is 8.52. The predicted octanol–water partition coefficient (Wildman–Crippen LogP) is 4.06. The van der Waals surface area contributed by atoms with Gasteiger partial charge >= 0.3 is 0 Å². The molecule has 1 saturated heterocycles. The molecule has 0 bridgehead atoms. The Morgan fingerprint density at radius 2 is 1.84 bits per heavy atom. The zero-order valence-corrected chi connectivity index (χ0v) is 21.8. The molecule has 3 aromatic heterocycles. The molecular formula is C27H29N9O2. The summed E-state index contributed by atoms with van der Waals surface area (Å²) in [5.74, 6) is 2.72. The van der Waals surface area contributed by atoms with E-state index in [9.17, 15) is 0 Å². The van der Waals surface area contributed by atoms with Crippen molar-refractivity contribution in [2.45, 2.75) is 19.9 Å². The van der Waals surface area contributed by atoms with Gasteiger partial charge in [-0.15, -0.1) is 0 Å². The van der Waals surface area contributed by atoms with Gasteiger partial charge in [-0.05, 0) is 63.8 Å². The van der Waals surface area contributed by atoms with Crippen molar-refractivity contribution >= 4 is 33.7 Å². The van der Waals surface area contributed by atoms with Gasteiger partial charge in [0.05, 0.1) is 23.2 Å². The van der Waals surface area contributed by atoms with Gasteiger partial charge in [0.1, 0.15) is 36.3 Å². The van der Waals surface area contributed by atoms with Crippen LogP contribution in [0.2, 0.25) is 0 Å². The van der Waals surface area contributed by atoms with Crippen molar-refractivity contribution in [2.24, 2.45) is 0 Å². The fraction of sp³-hybridized carbons (Fsp3) is 0.296. The lowest BCUT2D eigenvalue weighted by Crippen LogP contribution is -2.57. The van der Waals surface area contributed by atoms with Gasteiger partial charge < -0.3 is 24.6 Å². The Morgan fingerprint density at radius 3 is 2.63 bits per heavy atom. The Hall–Kier alpha value is -4.51. The monoisotopic (exact) mass is 511 g/mol. The van der Waals surface area contributed by atoms with Crippen molar-refractivity contribution in [1.82, 2.24) is 34.4 Å². The number of fused-ring (bicyclic) bond motifs is 2. The molecule has 38 heavy (non-hydrogen) atoms. The van der Waals surface area contributed by atoms with Crippen LogP contribution in [-0.2, 0) is 0 Å². The van der Waals surface area contributed by atoms with Crippen LogP contribution in [-0.4, -0.2) is 74.3 Å². The minimum absolute atomic E-state index is 0.453. The average molecular weight is 512 g/mol. The average Bonchev–Trinajstić information content (AvgIpc) is 3.34. The second-order valence-electron chi connectivity index (χ2n) is 9.48. The Kier molecular flexibility index (Phi) is 6.12. The maximum Gasteiger partial charge on any atom is 0.224 e. The number of ether oxygens (including phenoxy) is 2. The highest BCUT2D eigenvalue weighted by molar-refractivity contribution is 6.03. The number of benzene rings is 2. The van der Waals surface area contributed by atoms with Crippen LogP contribution in [0.3, 0.4) is 0 Å². The van der Waals surface area contributed by atoms with Crippen molar-refractivity contribution in [3.63, 3.8) is 0 Å². The number of likely N-dealkylation sites (N-methyl/N-ethyl adjacent to an activating group) is 1. The summed E-state index contributed by atoms with van der Waals surface area (Å²) < 4.78 is 13.7. The summed E-state index contributed by atoms with van der Waals surface area (Å²) in [6, 6.07) is 12.1. The highest BCUT2D eigenvalue weighted by atomic mass is 16.5. The Balaban J connectivity index is 1.31. The normalized spacial score (nSPS) is 13.8. The van der Waals surface area contributed by atoms with E-state index < -0.39 is 0 Å². The summed E-state index contributed by atoms with van der Waals surface area (Å²) in [4.78, 5) is 22.3. The second kappa shape index (κ2) is 9.75. The van der Waals surface area contributed by atoms with E-state index >= 15 is 0 Å². The van der Waals surface area contributed by atoms with Gasteiger partial charge in [-0.3, -0.25) is 0 Å². The molecule has 0 saturated carbocycles. The highest BCUT2D eigenvalue weighted by Crippen LogP contribution is 2.42. The molecule has 1 aliphatic rings. The molecule has 6 rings (SSSR count). The van der Waals surface area contributed by atoms with Gasteiger partial charge in [0.2, 0.25) is 5.88 Å². The van der Waals surface area contributed by atoms with Crippen molar-refractivity contribution in [1.29, 1.82) is 0 Å². The van der Waals surface area contributed by atoms with E-state index in [2.05, 4.69) is 54.2 Å². The standard InChI is InChI=1S/C27H29N9O2/c1-5-37-22-9-7-20-25(26(22)35-12-19(13-35)34(3)4)27(30-14-28-20)33-18-6-8-21(17(2)10-18)38-24-11-23-29-15-32-36(23)16-31-24/h6-11,14-16,19H,5,12-13H2,1-4H3,(H,28,30,33). The number of rotatable bonds is 8. The van der Waals surface area contributed by atoms with Crippen LogP contribution in [0.15, 0.2) is 55.4 Å². The summed E-state index contributed by atoms with van der Waals surface area (Å²) in [6.45, 7) is 6.41. The smallest absolute Gasteiger partial charge is 0.224 e. The molecule has 0 radical (unpaired) electrons. The summed E-state index contributed by atoms with van der Waals surface area (Å²) in [7, 11) is 4.23. The van der Waals surface area contributed by atoms with E-state index in [0.717, 1.165) is 52.5 Å². The maximum atomic E-state index is 6.05. The van der Waals surface area contributed by atoms with E-state index in [1.807, 2.05) is 44.2 Å². The Labute approximate surface area is 220 Å². The molecule has 0 amide bonds. The molecule has 0 atom stereocenters. The first-order chi connectivity index (χ1) is 18.5. The highest BCUT2D eigenvalue weighted by Gasteiger charge is 2.32. The van der Waals surface area contributed by atoms with Gasteiger partial charge in [-0.25, -0.2) is 24.5 Å². The molecule has 0 unspecified atom stereocenters. The van der Waals surface area contributed by atoms with Crippen LogP contribution in [0, 0.1) is 6.92 Å².